The van der Waals surface area contributed by atoms with E-state index < -0.39 is 39.7 Å². The van der Waals surface area contributed by atoms with Gasteiger partial charge in [0, 0.05) is 32.8 Å². The summed E-state index contributed by atoms with van der Waals surface area (Å²) in [6.07, 6.45) is -2.31. The van der Waals surface area contributed by atoms with Crippen LogP contribution in [0, 0.1) is 11.8 Å². The molecule has 0 aromatic heterocycles. The van der Waals surface area contributed by atoms with Gasteiger partial charge in [-0.2, -0.15) is 17.5 Å². The van der Waals surface area contributed by atoms with Crippen molar-refractivity contribution in [3.63, 3.8) is 0 Å². The van der Waals surface area contributed by atoms with Crippen molar-refractivity contribution in [3.05, 3.63) is 29.8 Å². The molecule has 2 aliphatic heterocycles. The summed E-state index contributed by atoms with van der Waals surface area (Å²) in [6.45, 7) is 6.47. The van der Waals surface area contributed by atoms with Crippen molar-refractivity contribution < 1.29 is 35.9 Å². The lowest BCUT2D eigenvalue weighted by molar-refractivity contribution is -0.137. The van der Waals surface area contributed by atoms with Crippen LogP contribution in [-0.4, -0.2) is 74.4 Å². The minimum Gasteiger partial charge on any atom is -0.444 e. The van der Waals surface area contributed by atoms with Gasteiger partial charge in [0.05, 0.1) is 16.5 Å². The molecule has 2 saturated heterocycles. The first-order chi connectivity index (χ1) is 17.2. The molecule has 12 heteroatoms. The normalized spacial score (nSPS) is 29.2. The first kappa shape index (κ1) is 28.1. The van der Waals surface area contributed by atoms with Gasteiger partial charge in [0.15, 0.2) is 0 Å². The van der Waals surface area contributed by atoms with Crippen molar-refractivity contribution in [3.8, 4) is 0 Å². The maximum atomic E-state index is 13.2. The second-order valence-corrected chi connectivity index (χ2v) is 13.2. The van der Waals surface area contributed by atoms with Crippen molar-refractivity contribution in [2.24, 2.45) is 11.8 Å². The van der Waals surface area contributed by atoms with Gasteiger partial charge in [-0.05, 0) is 76.5 Å². The average molecular weight is 548 g/mol. The highest BCUT2D eigenvalue weighted by molar-refractivity contribution is 7.89. The zero-order valence-corrected chi connectivity index (χ0v) is 22.4. The topological polar surface area (TPSA) is 88.2 Å². The average Bonchev–Trinajstić information content (AvgIpc) is 3.40. The molecule has 3 fully saturated rings. The van der Waals surface area contributed by atoms with E-state index in [0.717, 1.165) is 37.8 Å². The van der Waals surface area contributed by atoms with Crippen molar-refractivity contribution in [2.45, 2.75) is 81.4 Å². The summed E-state index contributed by atoms with van der Waals surface area (Å²) in [5.41, 5.74) is -1.61. The molecule has 4 unspecified atom stereocenters. The Kier molecular flexibility index (Phi) is 7.87. The molecular formula is C25H36F3N3O5S. The van der Waals surface area contributed by atoms with Crippen LogP contribution in [0.5, 0.6) is 0 Å². The van der Waals surface area contributed by atoms with E-state index >= 15 is 0 Å². The van der Waals surface area contributed by atoms with Crippen molar-refractivity contribution in [2.75, 3.05) is 26.7 Å². The van der Waals surface area contributed by atoms with Crippen LogP contribution in [0.1, 0.15) is 52.0 Å². The van der Waals surface area contributed by atoms with E-state index in [9.17, 15) is 26.4 Å². The molecule has 2 heterocycles. The smallest absolute Gasteiger partial charge is 0.416 e. The van der Waals surface area contributed by atoms with Gasteiger partial charge in [0.2, 0.25) is 10.0 Å². The van der Waals surface area contributed by atoms with Crippen molar-refractivity contribution >= 4 is 16.1 Å². The van der Waals surface area contributed by atoms with E-state index in [2.05, 4.69) is 5.32 Å². The minimum absolute atomic E-state index is 0.00131. The minimum atomic E-state index is -4.62. The number of benzene rings is 1. The molecule has 208 valence electrons. The third-order valence-corrected chi connectivity index (χ3v) is 9.30. The van der Waals surface area contributed by atoms with Crippen LogP contribution >= 0.6 is 0 Å². The number of hydrogen-bond donors (Lipinski definition) is 1. The number of fused-ring (bicyclic) bond motifs is 1. The highest BCUT2D eigenvalue weighted by Gasteiger charge is 2.48. The van der Waals surface area contributed by atoms with Crippen LogP contribution in [-0.2, 0) is 25.7 Å². The molecule has 8 nitrogen and oxygen atoms in total. The lowest BCUT2D eigenvalue weighted by Gasteiger charge is -2.40. The molecule has 0 radical (unpaired) electrons. The summed E-state index contributed by atoms with van der Waals surface area (Å²) in [7, 11) is -2.38. The molecule has 1 saturated carbocycles. The Morgan fingerprint density at radius 1 is 1.16 bits per heavy atom. The summed E-state index contributed by atoms with van der Waals surface area (Å²) < 4.78 is 78.8. The molecule has 5 atom stereocenters. The Balaban J connectivity index is 1.44. The largest absolute Gasteiger partial charge is 0.444 e. The predicted octanol–water partition coefficient (Wildman–Crippen LogP) is 4.07. The van der Waals surface area contributed by atoms with E-state index in [0.29, 0.717) is 12.7 Å². The van der Waals surface area contributed by atoms with Gasteiger partial charge in [-0.3, -0.25) is 5.32 Å². The SMILES string of the molecule is CN(C(=O)OC(C)(C)C)C1CCCOC1NC1CCC2CN(S(=O)(=O)c3cccc(C(F)(F)F)c3)C[C@@H]21. The summed E-state index contributed by atoms with van der Waals surface area (Å²) in [5, 5.41) is 3.54. The monoisotopic (exact) mass is 547 g/mol. The maximum Gasteiger partial charge on any atom is 0.416 e. The van der Waals surface area contributed by atoms with Crippen LogP contribution < -0.4 is 5.32 Å². The Morgan fingerprint density at radius 2 is 1.89 bits per heavy atom. The molecule has 1 amide bonds. The van der Waals surface area contributed by atoms with Crippen LogP contribution in [0.4, 0.5) is 18.0 Å². The highest BCUT2D eigenvalue weighted by Crippen LogP contribution is 2.41. The molecule has 37 heavy (non-hydrogen) atoms. The molecule has 1 aromatic rings. The second-order valence-electron chi connectivity index (χ2n) is 11.2. The second kappa shape index (κ2) is 10.3. The number of hydrogen-bond acceptors (Lipinski definition) is 6. The van der Waals surface area contributed by atoms with Gasteiger partial charge in [-0.25, -0.2) is 13.2 Å². The number of carbonyl (C=O) groups is 1. The van der Waals surface area contributed by atoms with Gasteiger partial charge in [0.1, 0.15) is 11.8 Å². The Morgan fingerprint density at radius 3 is 2.57 bits per heavy atom. The fourth-order valence-electron chi connectivity index (χ4n) is 5.61. The van der Waals surface area contributed by atoms with Gasteiger partial charge >= 0.3 is 12.3 Å². The third-order valence-electron chi connectivity index (χ3n) is 7.47. The fraction of sp³-hybridized carbons (Fsp3) is 0.720. The van der Waals surface area contributed by atoms with Gasteiger partial charge in [0.25, 0.3) is 0 Å². The standard InChI is InChI=1S/C25H36F3N3O5S/c1-24(2,3)36-23(32)30(4)21-9-6-12-35-22(21)29-20-11-10-16-14-31(15-19(16)20)37(33,34)18-8-5-7-17(13-18)25(26,27)28/h5,7-8,13,16,19-22,29H,6,9-12,14-15H2,1-4H3/t16?,19-,20?,21?,22?/m0/s1. The van der Waals surface area contributed by atoms with Crippen LogP contribution in [0.25, 0.3) is 0 Å². The number of carbonyl (C=O) groups excluding carboxylic acids is 1. The molecule has 0 bridgehead atoms. The number of nitrogens with one attached hydrogen (secondary N) is 1. The number of nitrogens with zero attached hydrogens (tertiary/aromatic N) is 2. The first-order valence-electron chi connectivity index (χ1n) is 12.7. The summed E-state index contributed by atoms with van der Waals surface area (Å²) in [5.74, 6) is 0.0993. The molecule has 4 rings (SSSR count). The third kappa shape index (κ3) is 6.23. The summed E-state index contributed by atoms with van der Waals surface area (Å²) in [6, 6.07) is 3.62. The maximum absolute atomic E-state index is 13.2. The molecule has 3 aliphatic rings. The molecule has 1 N–H and O–H groups in total. The number of likely N-dealkylation sites (N-methyl/N-ethyl adjacent to an activating group) is 1. The lowest BCUT2D eigenvalue weighted by atomic mass is 9.97. The van der Waals surface area contributed by atoms with Crippen LogP contribution in [0.3, 0.4) is 0 Å². The molecule has 0 spiro atoms. The van der Waals surface area contributed by atoms with Gasteiger partial charge in [-0.1, -0.05) is 6.07 Å². The first-order valence-corrected chi connectivity index (χ1v) is 14.1. The van der Waals surface area contributed by atoms with Crippen LogP contribution in [0.15, 0.2) is 29.2 Å². The van der Waals surface area contributed by atoms with E-state index in [1.54, 1.807) is 11.9 Å². The number of alkyl halides is 3. The van der Waals surface area contributed by atoms with Crippen molar-refractivity contribution in [1.82, 2.24) is 14.5 Å². The predicted molar refractivity (Wildman–Crippen MR) is 130 cm³/mol. The zero-order valence-electron chi connectivity index (χ0n) is 21.6. The van der Waals surface area contributed by atoms with Gasteiger partial charge in [-0.15, -0.1) is 0 Å². The number of sulfonamides is 1. The Hall–Kier alpha value is -1.89. The number of halogens is 3. The fourth-order valence-corrected chi connectivity index (χ4v) is 7.19. The van der Waals surface area contributed by atoms with E-state index in [-0.39, 0.29) is 41.9 Å². The van der Waals surface area contributed by atoms with Crippen LogP contribution in [0.2, 0.25) is 0 Å². The van der Waals surface area contributed by atoms with E-state index in [4.69, 9.17) is 9.47 Å². The molecule has 1 aliphatic carbocycles. The zero-order chi connectivity index (χ0) is 27.2. The molecular weight excluding hydrogens is 511 g/mol. The Bertz CT molecular complexity index is 1090. The van der Waals surface area contributed by atoms with E-state index in [1.807, 2.05) is 20.8 Å². The van der Waals surface area contributed by atoms with Crippen molar-refractivity contribution in [1.29, 1.82) is 0 Å². The Labute approximate surface area is 216 Å². The summed E-state index contributed by atoms with van der Waals surface area (Å²) in [4.78, 5) is 13.9. The summed E-state index contributed by atoms with van der Waals surface area (Å²) >= 11 is 0. The number of rotatable bonds is 5. The molecule has 1 aromatic carbocycles. The van der Waals surface area contributed by atoms with E-state index in [1.165, 1.54) is 10.4 Å². The quantitative estimate of drug-likeness (QED) is 0.598. The highest BCUT2D eigenvalue weighted by atomic mass is 32.2. The lowest BCUT2D eigenvalue weighted by Crippen LogP contribution is -2.57. The number of ether oxygens (including phenoxy) is 2. The number of amides is 1. The van der Waals surface area contributed by atoms with Gasteiger partial charge < -0.3 is 14.4 Å².